The number of nitro groups is 3. The fourth-order valence-electron chi connectivity index (χ4n) is 3.12. The smallest absolute Gasteiger partial charge is 0.350 e. The van der Waals surface area contributed by atoms with Crippen LogP contribution in [-0.4, -0.2) is 19.9 Å². The molecule has 0 bridgehead atoms. The van der Waals surface area contributed by atoms with Gasteiger partial charge in [-0.3, -0.25) is 35.0 Å². The molecule has 0 saturated carbocycles. The van der Waals surface area contributed by atoms with E-state index in [-0.39, 0.29) is 44.5 Å². The molecule has 3 aromatic carbocycles. The summed E-state index contributed by atoms with van der Waals surface area (Å²) in [5, 5.41) is 55.0. The van der Waals surface area contributed by atoms with Crippen LogP contribution in [0.1, 0.15) is 0 Å². The van der Waals surface area contributed by atoms with Gasteiger partial charge in [-0.25, -0.2) is 0 Å². The lowest BCUT2D eigenvalue weighted by Gasteiger charge is -2.11. The number of anilines is 4. The first kappa shape index (κ1) is 20.9. The summed E-state index contributed by atoms with van der Waals surface area (Å²) in [4.78, 5) is 31.8. The first-order valence-corrected chi connectivity index (χ1v) is 8.98. The molecule has 2 N–H and O–H groups in total. The number of hydrogen-bond acceptors (Lipinski definition) is 11. The minimum Gasteiger partial charge on any atom is -0.359 e. The van der Waals surface area contributed by atoms with Gasteiger partial charge in [-0.2, -0.15) is 0 Å². The second kappa shape index (κ2) is 8.06. The lowest BCUT2D eigenvalue weighted by molar-refractivity contribution is -0.781. The summed E-state index contributed by atoms with van der Waals surface area (Å²) in [6.45, 7) is 0. The van der Waals surface area contributed by atoms with E-state index in [9.17, 15) is 35.6 Å². The zero-order valence-corrected chi connectivity index (χ0v) is 16.2. The predicted molar refractivity (Wildman–Crippen MR) is 112 cm³/mol. The number of fused-ring (bicyclic) bond motifs is 1. The summed E-state index contributed by atoms with van der Waals surface area (Å²) in [6, 6.07) is 11.8. The zero-order valence-electron chi connectivity index (χ0n) is 16.2. The Bertz CT molecular complexity index is 1430. The van der Waals surface area contributed by atoms with E-state index in [1.807, 2.05) is 0 Å². The number of benzene rings is 3. The van der Waals surface area contributed by atoms with Crippen LogP contribution in [0.5, 0.6) is 0 Å². The Morgan fingerprint density at radius 3 is 1.85 bits per heavy atom. The third kappa shape index (κ3) is 4.00. The highest BCUT2D eigenvalue weighted by Gasteiger charge is 2.31. The first-order chi connectivity index (χ1) is 15.7. The Morgan fingerprint density at radius 1 is 0.788 bits per heavy atom. The fourth-order valence-corrected chi connectivity index (χ4v) is 3.12. The van der Waals surface area contributed by atoms with Gasteiger partial charge in [-0.05, 0) is 23.1 Å². The molecule has 4 rings (SSSR count). The number of nitrogens with one attached hydrogen (secondary N) is 2. The number of hydrogen-bond donors (Lipinski definition) is 2. The summed E-state index contributed by atoms with van der Waals surface area (Å²) < 4.78 is 4.54. The van der Waals surface area contributed by atoms with Crippen molar-refractivity contribution in [3.05, 3.63) is 90.1 Å². The first-order valence-electron chi connectivity index (χ1n) is 8.98. The molecule has 15 nitrogen and oxygen atoms in total. The normalized spacial score (nSPS) is 10.7. The topological polar surface area (TPSA) is 206 Å². The maximum absolute atomic E-state index is 12.2. The third-order valence-electron chi connectivity index (χ3n) is 4.49. The van der Waals surface area contributed by atoms with E-state index in [4.69, 9.17) is 0 Å². The van der Waals surface area contributed by atoms with Gasteiger partial charge in [0.2, 0.25) is 0 Å². The van der Waals surface area contributed by atoms with E-state index >= 15 is 0 Å². The quantitative estimate of drug-likeness (QED) is 0.234. The molecule has 33 heavy (non-hydrogen) atoms. The van der Waals surface area contributed by atoms with E-state index in [2.05, 4.69) is 20.4 Å². The number of nitro benzene ring substituents is 3. The molecule has 4 aromatic rings. The molecule has 1 aromatic heterocycles. The van der Waals surface area contributed by atoms with Crippen LogP contribution in [0.3, 0.4) is 0 Å². The summed E-state index contributed by atoms with van der Waals surface area (Å²) in [6.07, 6.45) is 0. The average molecular weight is 453 g/mol. The lowest BCUT2D eigenvalue weighted by atomic mass is 10.1. The molecule has 166 valence electrons. The molecular formula is C18H11N7O8. The molecule has 0 radical (unpaired) electrons. The van der Waals surface area contributed by atoms with Crippen LogP contribution < -0.4 is 15.5 Å². The molecule has 0 spiro atoms. The van der Waals surface area contributed by atoms with Crippen molar-refractivity contribution in [2.24, 2.45) is 0 Å². The molecule has 0 fully saturated rings. The molecule has 1 heterocycles. The van der Waals surface area contributed by atoms with Crippen LogP contribution in [0.2, 0.25) is 0 Å². The highest BCUT2D eigenvalue weighted by molar-refractivity contribution is 6.00. The van der Waals surface area contributed by atoms with Crippen LogP contribution >= 0.6 is 0 Å². The van der Waals surface area contributed by atoms with Crippen molar-refractivity contribution >= 4 is 50.8 Å². The fraction of sp³-hybridized carbons (Fsp3) is 0. The van der Waals surface area contributed by atoms with Gasteiger partial charge < -0.3 is 15.8 Å². The predicted octanol–water partition coefficient (Wildman–Crippen LogP) is 3.67. The highest BCUT2D eigenvalue weighted by Crippen LogP contribution is 2.39. The van der Waals surface area contributed by atoms with Gasteiger partial charge in [0.05, 0.1) is 25.6 Å². The summed E-state index contributed by atoms with van der Waals surface area (Å²) in [5.41, 5.74) is -1.62. The van der Waals surface area contributed by atoms with Crippen LogP contribution in [0.4, 0.5) is 39.8 Å². The molecule has 0 amide bonds. The Morgan fingerprint density at radius 2 is 1.33 bits per heavy atom. The van der Waals surface area contributed by atoms with Gasteiger partial charge in [0.25, 0.3) is 16.9 Å². The van der Waals surface area contributed by atoms with E-state index in [1.54, 1.807) is 0 Å². The third-order valence-corrected chi connectivity index (χ3v) is 4.49. The number of non-ortho nitro benzene ring substituents is 2. The summed E-state index contributed by atoms with van der Waals surface area (Å²) in [5.74, 6) is 0. The average Bonchev–Trinajstić information content (AvgIpc) is 3.15. The van der Waals surface area contributed by atoms with Gasteiger partial charge >= 0.3 is 11.2 Å². The van der Waals surface area contributed by atoms with Crippen molar-refractivity contribution in [3.8, 4) is 0 Å². The van der Waals surface area contributed by atoms with Gasteiger partial charge in [0.15, 0.2) is 0 Å². The molecule has 15 heteroatoms. The maximum atomic E-state index is 12.2. The summed E-state index contributed by atoms with van der Waals surface area (Å²) >= 11 is 0. The van der Waals surface area contributed by atoms with Crippen molar-refractivity contribution in [2.45, 2.75) is 0 Å². The van der Waals surface area contributed by atoms with Gasteiger partial charge in [-0.15, -0.1) is 0 Å². The SMILES string of the molecule is O=[N+]([O-])c1cccc(Nc2cc(Nc3cccc([N+](=O)[O-])c3)c3c(no[n+]3[O-])c2[N+](=O)[O-])c1. The van der Waals surface area contributed by atoms with Crippen molar-refractivity contribution < 1.29 is 24.3 Å². The Kier molecular flexibility index (Phi) is 5.11. The Hall–Kier alpha value is -5.34. The molecule has 0 unspecified atom stereocenters. The van der Waals surface area contributed by atoms with Crippen LogP contribution in [0.25, 0.3) is 11.0 Å². The Labute approximate surface area is 181 Å². The molecule has 0 aliphatic rings. The minimum absolute atomic E-state index is 0.0136. The zero-order chi connectivity index (χ0) is 23.7. The van der Waals surface area contributed by atoms with Crippen LogP contribution in [0.15, 0.2) is 59.2 Å². The second-order valence-electron chi connectivity index (χ2n) is 6.57. The van der Waals surface area contributed by atoms with Gasteiger partial charge in [0, 0.05) is 35.6 Å². The Balaban J connectivity index is 1.86. The van der Waals surface area contributed by atoms with Crippen molar-refractivity contribution in [2.75, 3.05) is 10.6 Å². The maximum Gasteiger partial charge on any atom is 0.350 e. The van der Waals surface area contributed by atoms with E-state index in [0.717, 1.165) is 6.07 Å². The molecular weight excluding hydrogens is 442 g/mol. The number of rotatable bonds is 7. The van der Waals surface area contributed by atoms with Crippen molar-refractivity contribution in [1.82, 2.24) is 5.16 Å². The summed E-state index contributed by atoms with van der Waals surface area (Å²) in [7, 11) is 0. The second-order valence-corrected chi connectivity index (χ2v) is 6.57. The van der Waals surface area contributed by atoms with Crippen molar-refractivity contribution in [3.63, 3.8) is 0 Å². The molecule has 0 atom stereocenters. The monoisotopic (exact) mass is 453 g/mol. The standard InChI is InChI=1S/C18H11N7O8/c26-22(27)12-5-1-3-10(7-12)19-14-9-15(20-11-4-2-6-13(8-11)23(28)29)18-16(17(14)24(30)31)21-33-25(18)32/h1-9,19-20H. The molecule has 0 aliphatic carbocycles. The molecule has 0 aliphatic heterocycles. The van der Waals surface area contributed by atoms with Crippen LogP contribution in [-0.2, 0) is 0 Å². The minimum atomic E-state index is -0.790. The van der Waals surface area contributed by atoms with E-state index in [0.29, 0.717) is 0 Å². The number of aromatic nitrogens is 2. The molecule has 0 saturated heterocycles. The van der Waals surface area contributed by atoms with Crippen molar-refractivity contribution in [1.29, 1.82) is 0 Å². The van der Waals surface area contributed by atoms with E-state index in [1.165, 1.54) is 48.5 Å². The largest absolute Gasteiger partial charge is 0.359 e. The lowest BCUT2D eigenvalue weighted by Crippen LogP contribution is -2.23. The van der Waals surface area contributed by atoms with E-state index < -0.39 is 26.0 Å². The van der Waals surface area contributed by atoms with Crippen LogP contribution in [0, 0.1) is 35.6 Å². The highest BCUT2D eigenvalue weighted by atomic mass is 16.8. The number of nitrogens with zero attached hydrogens (tertiary/aromatic N) is 5. The van der Waals surface area contributed by atoms with Gasteiger partial charge in [-0.1, -0.05) is 12.1 Å². The van der Waals surface area contributed by atoms with Gasteiger partial charge in [0.1, 0.15) is 5.69 Å².